The molecule has 9 nitrogen and oxygen atoms in total. The minimum atomic E-state index is -5.05. The van der Waals surface area contributed by atoms with Crippen LogP contribution in [0.3, 0.4) is 0 Å². The third-order valence-electron chi connectivity index (χ3n) is 2.99. The quantitative estimate of drug-likeness (QED) is 0.415. The molecule has 26 heavy (non-hydrogen) atoms. The van der Waals surface area contributed by atoms with Gasteiger partial charge in [0, 0.05) is 12.4 Å². The molecule has 0 bridgehead atoms. The summed E-state index contributed by atoms with van der Waals surface area (Å²) >= 11 is -5.05. The van der Waals surface area contributed by atoms with Crippen LogP contribution in [0.15, 0.2) is 30.2 Å². The summed E-state index contributed by atoms with van der Waals surface area (Å²) in [5.74, 6) is 0.374. The Kier molecular flexibility index (Phi) is 10.6. The molecule has 0 saturated heterocycles. The van der Waals surface area contributed by atoms with Gasteiger partial charge in [-0.3, -0.25) is 0 Å². The molecule has 0 saturated carbocycles. The fourth-order valence-corrected chi connectivity index (χ4v) is 4.24. The van der Waals surface area contributed by atoms with Gasteiger partial charge in [0.25, 0.3) is 0 Å². The third kappa shape index (κ3) is 8.73. The molecule has 0 spiro atoms. The van der Waals surface area contributed by atoms with Gasteiger partial charge in [-0.25, -0.2) is 9.97 Å². The molecule has 10 heteroatoms. The van der Waals surface area contributed by atoms with Gasteiger partial charge >= 0.3 is 96.0 Å². The molecule has 0 fully saturated rings. The smallest absolute Gasteiger partial charge is 0.141 e. The first kappa shape index (κ1) is 24.5. The maximum absolute atomic E-state index is 11.2. The van der Waals surface area contributed by atoms with E-state index in [0.717, 1.165) is 0 Å². The minimum Gasteiger partial charge on any atom is -0.324 e. The Hall–Kier alpha value is -1.51. The van der Waals surface area contributed by atoms with Crippen molar-refractivity contribution in [3.8, 4) is 0 Å². The van der Waals surface area contributed by atoms with Gasteiger partial charge in [0.2, 0.25) is 0 Å². The predicted octanol–water partition coefficient (Wildman–Crippen LogP) is -0.135. The Morgan fingerprint density at radius 2 is 1.88 bits per heavy atom. The summed E-state index contributed by atoms with van der Waals surface area (Å²) in [6.07, 6.45) is 7.19. The largest absolute Gasteiger partial charge is 0.324 e. The first-order valence-corrected chi connectivity index (χ1v) is 11.5. The van der Waals surface area contributed by atoms with Crippen molar-refractivity contribution in [1.82, 2.24) is 15.3 Å². The molecule has 1 aromatic heterocycles. The predicted molar refractivity (Wildman–Crippen MR) is 97.0 cm³/mol. The van der Waals surface area contributed by atoms with E-state index >= 15 is 0 Å². The third-order valence-corrected chi connectivity index (χ3v) is 5.97. The van der Waals surface area contributed by atoms with Gasteiger partial charge in [-0.15, -0.1) is 0 Å². The minimum absolute atomic E-state index is 0.313. The van der Waals surface area contributed by atoms with Crippen LogP contribution in [0.25, 0.3) is 0 Å². The number of aromatic nitrogens is 2. The van der Waals surface area contributed by atoms with Gasteiger partial charge in [-0.1, -0.05) is 13.8 Å². The molecule has 1 aromatic rings. The van der Waals surface area contributed by atoms with E-state index in [0.29, 0.717) is 18.1 Å². The summed E-state index contributed by atoms with van der Waals surface area (Å²) in [4.78, 5) is 18.5. The van der Waals surface area contributed by atoms with Crippen molar-refractivity contribution in [3.63, 3.8) is 0 Å². The Balaban J connectivity index is 0.000000522. The Morgan fingerprint density at radius 3 is 2.23 bits per heavy atom. The second-order valence-electron chi connectivity index (χ2n) is 5.27. The first-order chi connectivity index (χ1) is 12.1. The van der Waals surface area contributed by atoms with Crippen LogP contribution in [-0.2, 0) is 15.1 Å². The Labute approximate surface area is 156 Å². The number of amides is 1. The first-order valence-electron chi connectivity index (χ1n) is 7.98. The van der Waals surface area contributed by atoms with Gasteiger partial charge in [-0.05, 0) is 6.07 Å². The molecular formula is C16H27AsN4O5. The monoisotopic (exact) mass is 430 g/mol. The standard InChI is InChI=1S/C9H14AsNO5.C5H7N3.C2H6/c1-6(12)11-7-3-4-8(10(14,15)16)9(2,13)5-7;6-4-5-7-2-1-3-8-5;1-2/h3-5,8,13H,1-2H3,(H,11,12)(H2,14,15,16);1-3H,4,6H2;1-2H3. The van der Waals surface area contributed by atoms with Crippen molar-refractivity contribution in [2.75, 3.05) is 0 Å². The summed E-state index contributed by atoms with van der Waals surface area (Å²) in [7, 11) is 0. The van der Waals surface area contributed by atoms with E-state index in [9.17, 15) is 13.6 Å². The van der Waals surface area contributed by atoms with E-state index in [4.69, 9.17) is 13.9 Å². The second kappa shape index (κ2) is 11.3. The Morgan fingerprint density at radius 1 is 1.35 bits per heavy atom. The maximum Gasteiger partial charge on any atom is 0.141 e. The average molecular weight is 430 g/mol. The van der Waals surface area contributed by atoms with E-state index in [1.807, 2.05) is 13.8 Å². The molecule has 2 rings (SSSR count). The fourth-order valence-electron chi connectivity index (χ4n) is 2.01. The summed E-state index contributed by atoms with van der Waals surface area (Å²) in [6, 6.07) is 1.76. The van der Waals surface area contributed by atoms with Gasteiger partial charge in [0.05, 0.1) is 6.54 Å². The molecule has 1 heterocycles. The average Bonchev–Trinajstić information content (AvgIpc) is 2.55. The number of hydrogen-bond donors (Lipinski definition) is 5. The van der Waals surface area contributed by atoms with Crippen molar-refractivity contribution in [3.05, 3.63) is 48.9 Å². The number of nitrogens with one attached hydrogen (secondary N) is 1. The number of aliphatic hydroxyl groups is 1. The van der Waals surface area contributed by atoms with Crippen molar-refractivity contribution >= 4 is 20.1 Å². The number of carbonyl (C=O) groups is 1. The summed E-state index contributed by atoms with van der Waals surface area (Å²) in [6.45, 7) is 7.02. The van der Waals surface area contributed by atoms with E-state index in [1.54, 1.807) is 18.5 Å². The second-order valence-corrected chi connectivity index (χ2v) is 8.91. The van der Waals surface area contributed by atoms with E-state index in [-0.39, 0.29) is 5.91 Å². The van der Waals surface area contributed by atoms with Crippen LogP contribution in [0, 0.1) is 12.8 Å². The van der Waals surface area contributed by atoms with E-state index in [2.05, 4.69) is 15.3 Å². The SMILES string of the molecule is CC.CC(=O)NC1=CC(C)(O)C([As](=O)(O)O)[CH][CH]1.NCc1ncccn1. The normalized spacial score (nSPS) is 22.0. The zero-order valence-corrected chi connectivity index (χ0v) is 17.2. The zero-order chi connectivity index (χ0) is 20.4. The molecule has 2 unspecified atom stereocenters. The molecule has 146 valence electrons. The number of nitrogens with zero attached hydrogens (tertiary/aromatic N) is 2. The molecule has 1 aliphatic rings. The molecule has 1 amide bonds. The van der Waals surface area contributed by atoms with Crippen molar-refractivity contribution in [1.29, 1.82) is 0 Å². The summed E-state index contributed by atoms with van der Waals surface area (Å²) in [5, 5.41) is 12.3. The number of allylic oxidation sites excluding steroid dienone is 1. The number of rotatable bonds is 3. The molecule has 0 aliphatic heterocycles. The van der Waals surface area contributed by atoms with E-state index in [1.165, 1.54) is 32.8 Å². The summed E-state index contributed by atoms with van der Waals surface area (Å²) in [5.41, 5.74) is 3.89. The van der Waals surface area contributed by atoms with E-state index < -0.39 is 24.5 Å². The molecule has 2 atom stereocenters. The van der Waals surface area contributed by atoms with Gasteiger partial charge in [-0.2, -0.15) is 0 Å². The number of hydrogen-bond acceptors (Lipinski definition) is 6. The van der Waals surface area contributed by atoms with Crippen LogP contribution in [0.1, 0.15) is 33.5 Å². The van der Waals surface area contributed by atoms with Gasteiger partial charge < -0.3 is 5.73 Å². The maximum atomic E-state index is 11.2. The van der Waals surface area contributed by atoms with Crippen LogP contribution >= 0.6 is 0 Å². The Bertz CT molecular complexity index is 631. The van der Waals surface area contributed by atoms with Crippen molar-refractivity contribution in [2.45, 2.75) is 44.5 Å². The van der Waals surface area contributed by atoms with Gasteiger partial charge in [0.1, 0.15) is 5.82 Å². The van der Waals surface area contributed by atoms with Crippen LogP contribution in [0.5, 0.6) is 0 Å². The molecule has 6 N–H and O–H groups in total. The van der Waals surface area contributed by atoms with Crippen molar-refractivity contribution < 1.29 is 21.8 Å². The fraction of sp³-hybridized carbons (Fsp3) is 0.438. The molecule has 1 aliphatic carbocycles. The molecular weight excluding hydrogens is 403 g/mol. The molecule has 0 aromatic carbocycles. The van der Waals surface area contributed by atoms with Crippen LogP contribution in [0.2, 0.25) is 4.71 Å². The summed E-state index contributed by atoms with van der Waals surface area (Å²) < 4.78 is 28.1. The molecule has 2 radical (unpaired) electrons. The zero-order valence-electron chi connectivity index (χ0n) is 15.3. The topological polar surface area (TPSA) is 159 Å². The van der Waals surface area contributed by atoms with Crippen LogP contribution < -0.4 is 11.1 Å². The number of carbonyl (C=O) groups excluding carboxylic acids is 1. The van der Waals surface area contributed by atoms with Crippen LogP contribution in [0.4, 0.5) is 0 Å². The van der Waals surface area contributed by atoms with Crippen LogP contribution in [-0.4, -0.2) is 48.9 Å². The number of nitrogens with two attached hydrogens (primary N) is 1. The van der Waals surface area contributed by atoms with Gasteiger partial charge in [0.15, 0.2) is 0 Å². The van der Waals surface area contributed by atoms with Crippen molar-refractivity contribution in [2.24, 2.45) is 5.73 Å².